The van der Waals surface area contributed by atoms with Crippen LogP contribution in [0.15, 0.2) is 140 Å². The summed E-state index contributed by atoms with van der Waals surface area (Å²) in [6, 6.07) is 33.8. The van der Waals surface area contributed by atoms with Gasteiger partial charge in [-0.15, -0.1) is 0 Å². The van der Waals surface area contributed by atoms with Gasteiger partial charge < -0.3 is 5.11 Å². The Morgan fingerprint density at radius 1 is 0.485 bits per heavy atom. The van der Waals surface area contributed by atoms with Gasteiger partial charge in [-0.05, 0) is 120 Å². The number of phenols is 1. The first-order chi connectivity index (χ1) is 39.2. The molecule has 338 valence electrons. The molecule has 0 amide bonds. The zero-order valence-electron chi connectivity index (χ0n) is 58.9. The third-order valence-corrected chi connectivity index (χ3v) is 12.0. The molecule has 0 aliphatic rings. The molecule has 6 aromatic carbocycles. The van der Waals surface area contributed by atoms with Crippen molar-refractivity contribution in [3.8, 4) is 67.5 Å². The molecule has 0 saturated heterocycles. The van der Waals surface area contributed by atoms with E-state index >= 15 is 0 Å². The van der Waals surface area contributed by atoms with Gasteiger partial charge in [0.05, 0.1) is 30.7 Å². The molecule has 0 radical (unpaired) electrons. The van der Waals surface area contributed by atoms with Crippen molar-refractivity contribution in [2.45, 2.75) is 130 Å². The van der Waals surface area contributed by atoms with Gasteiger partial charge in [-0.3, -0.25) is 9.55 Å². The van der Waals surface area contributed by atoms with E-state index in [4.69, 9.17) is 34.6 Å². The Bertz CT molecular complexity index is 3750. The van der Waals surface area contributed by atoms with E-state index in [2.05, 4.69) is 32.9 Å². The zero-order chi connectivity index (χ0) is 64.5. The smallest absolute Gasteiger partial charge is 0.149 e. The van der Waals surface area contributed by atoms with Crippen molar-refractivity contribution < 1.29 is 32.5 Å². The first-order valence-electron chi connectivity index (χ1n) is 32.0. The number of rotatable bonds is 6. The van der Waals surface area contributed by atoms with E-state index in [1.54, 1.807) is 66.9 Å². The van der Waals surface area contributed by atoms with E-state index in [1.165, 1.54) is 4.57 Å². The Balaban J connectivity index is 1.65. The number of hydrogen-bond donors (Lipinski definition) is 1. The van der Waals surface area contributed by atoms with Crippen molar-refractivity contribution in [2.24, 2.45) is 0 Å². The average Bonchev–Trinajstić information content (AvgIpc) is 0.774. The molecule has 4 nitrogen and oxygen atoms in total. The summed E-state index contributed by atoms with van der Waals surface area (Å²) in [6.45, 7) is -7.47. The summed E-state index contributed by atoms with van der Waals surface area (Å²) < 4.78 is 180. The summed E-state index contributed by atoms with van der Waals surface area (Å²) in [4.78, 5) is 10.0. The minimum Gasteiger partial charge on any atom is -0.507 e. The third kappa shape index (κ3) is 9.00. The van der Waals surface area contributed by atoms with Crippen LogP contribution in [0.1, 0.15) is 159 Å². The number of phenolic OH excluding ortho intramolecular Hbond substituents is 1. The molecular weight excluding hydrogens is 803 g/mol. The highest BCUT2D eigenvalue weighted by Crippen LogP contribution is 2.46. The maximum atomic E-state index is 13.2. The number of aromatic nitrogens is 3. The van der Waals surface area contributed by atoms with E-state index in [0.29, 0.717) is 33.5 Å². The average molecular weight is 892 g/mol. The van der Waals surface area contributed by atoms with E-state index in [9.17, 15) is 7.85 Å². The highest BCUT2D eigenvalue weighted by atomic mass is 16.3. The lowest BCUT2D eigenvalue weighted by Gasteiger charge is -2.28. The molecule has 0 atom stereocenters. The largest absolute Gasteiger partial charge is 0.507 e. The molecule has 0 fully saturated rings. The van der Waals surface area contributed by atoms with Crippen molar-refractivity contribution >= 4 is 11.0 Å². The molecule has 8 aromatic rings. The fraction of sp³-hybridized carbons (Fsp3) is 0.323. The summed E-state index contributed by atoms with van der Waals surface area (Å²) >= 11 is 0. The second kappa shape index (κ2) is 16.6. The molecule has 4 heteroatoms. The Labute approximate surface area is 423 Å². The summed E-state index contributed by atoms with van der Waals surface area (Å²) in [5.41, 5.74) is -6.51. The molecule has 2 heterocycles. The number of fused-ring (bicyclic) bond motifs is 1. The van der Waals surface area contributed by atoms with Crippen LogP contribution in [0.2, 0.25) is 0 Å². The van der Waals surface area contributed by atoms with Crippen LogP contribution in [0.3, 0.4) is 0 Å². The number of pyridine rings is 1. The third-order valence-electron chi connectivity index (χ3n) is 12.0. The lowest BCUT2D eigenvalue weighted by Crippen LogP contribution is -2.17. The molecule has 0 saturated carbocycles. The SMILES string of the molecule is [2H]c1c(-c2nc3c(-c4cc(-c5cc(-c6ccccc6C(C)(C)C)ccn5)cc(C(C)(C)C)c4)cccc3n2-c2ccc(C(C)(C)C)cc2-c2ccccc2)c(O)c(C(C([2H])([2H])[2H])(C([2H])([2H])[2H])C([2H])([2H])[2H])c([2H])c1C(C([2H])([2H])[2H])(C([2H])([2H])[2H])C([2H])([2H])[2H]. The van der Waals surface area contributed by atoms with Crippen LogP contribution in [0.4, 0.5) is 0 Å². The molecule has 0 unspecified atom stereocenters. The number of hydrogen-bond acceptors (Lipinski definition) is 3. The van der Waals surface area contributed by atoms with Crippen LogP contribution in [0.25, 0.3) is 72.7 Å². The second-order valence-corrected chi connectivity index (χ2v) is 20.3. The summed E-state index contributed by atoms with van der Waals surface area (Å²) in [5.74, 6) is -2.34. The molecule has 1 N–H and O–H groups in total. The molecule has 0 spiro atoms. The van der Waals surface area contributed by atoms with Crippen LogP contribution in [0, 0.1) is 0 Å². The number of imidazole rings is 1. The fourth-order valence-electron chi connectivity index (χ4n) is 8.44. The van der Waals surface area contributed by atoms with Gasteiger partial charge in [0.25, 0.3) is 0 Å². The van der Waals surface area contributed by atoms with E-state index in [-0.39, 0.29) is 22.1 Å². The molecule has 66 heavy (non-hydrogen) atoms. The number of nitrogens with zero attached hydrogens (tertiary/aromatic N) is 3. The molecule has 8 rings (SSSR count). The van der Waals surface area contributed by atoms with Crippen LogP contribution < -0.4 is 0 Å². The molecule has 0 bridgehead atoms. The molecular formula is C62H69N3O. The number of para-hydroxylation sites is 1. The Morgan fingerprint density at radius 3 is 1.83 bits per heavy atom. The van der Waals surface area contributed by atoms with Crippen molar-refractivity contribution in [1.82, 2.24) is 14.5 Å². The quantitative estimate of drug-likeness (QED) is 0.181. The van der Waals surface area contributed by atoms with Crippen LogP contribution in [0.5, 0.6) is 5.75 Å². The Hall–Kier alpha value is -6.26. The second-order valence-electron chi connectivity index (χ2n) is 20.3. The predicted octanol–water partition coefficient (Wildman–Crippen LogP) is 16.9. The topological polar surface area (TPSA) is 50.9 Å². The molecule has 0 aliphatic carbocycles. The van der Waals surface area contributed by atoms with Crippen molar-refractivity contribution in [1.29, 1.82) is 0 Å². The van der Waals surface area contributed by atoms with Crippen molar-refractivity contribution in [2.75, 3.05) is 0 Å². The first kappa shape index (κ1) is 27.4. The highest BCUT2D eigenvalue weighted by molar-refractivity contribution is 5.98. The van der Waals surface area contributed by atoms with Crippen molar-refractivity contribution in [3.05, 3.63) is 167 Å². The van der Waals surface area contributed by atoms with E-state index in [1.807, 2.05) is 90.1 Å². The Kier molecular flexibility index (Phi) is 6.87. The van der Waals surface area contributed by atoms with Gasteiger partial charge in [0.1, 0.15) is 11.6 Å². The summed E-state index contributed by atoms with van der Waals surface area (Å²) in [7, 11) is 0. The fourth-order valence-corrected chi connectivity index (χ4v) is 8.44. The minimum absolute atomic E-state index is 0.0681. The maximum Gasteiger partial charge on any atom is 0.149 e. The molecule has 0 aliphatic heterocycles. The van der Waals surface area contributed by atoms with E-state index < -0.39 is 103 Å². The first-order valence-corrected chi connectivity index (χ1v) is 22.0. The summed E-state index contributed by atoms with van der Waals surface area (Å²) in [6.07, 6.45) is 1.73. The predicted molar refractivity (Wildman–Crippen MR) is 281 cm³/mol. The van der Waals surface area contributed by atoms with Gasteiger partial charge in [0, 0.05) is 53.1 Å². The number of aromatic hydroxyl groups is 1. The Morgan fingerprint density at radius 2 is 1.15 bits per heavy atom. The van der Waals surface area contributed by atoms with Gasteiger partial charge in [0.15, 0.2) is 0 Å². The van der Waals surface area contributed by atoms with Gasteiger partial charge in [-0.1, -0.05) is 188 Å². The van der Waals surface area contributed by atoms with Crippen molar-refractivity contribution in [3.63, 3.8) is 0 Å². The lowest BCUT2D eigenvalue weighted by atomic mass is 9.79. The monoisotopic (exact) mass is 892 g/mol. The van der Waals surface area contributed by atoms with Gasteiger partial charge in [-0.2, -0.15) is 0 Å². The van der Waals surface area contributed by atoms with Gasteiger partial charge >= 0.3 is 0 Å². The minimum atomic E-state index is -4.43. The van der Waals surface area contributed by atoms with E-state index in [0.717, 1.165) is 27.8 Å². The number of benzene rings is 6. The molecule has 2 aromatic heterocycles. The van der Waals surface area contributed by atoms with Crippen LogP contribution in [-0.2, 0) is 27.1 Å². The van der Waals surface area contributed by atoms with Crippen LogP contribution >= 0.6 is 0 Å². The van der Waals surface area contributed by atoms with Crippen LogP contribution in [-0.4, -0.2) is 19.6 Å². The zero-order valence-corrected chi connectivity index (χ0v) is 38.9. The normalized spacial score (nSPS) is 18.4. The van der Waals surface area contributed by atoms with Gasteiger partial charge in [-0.25, -0.2) is 4.98 Å². The maximum absolute atomic E-state index is 13.2. The standard InChI is InChI=1S/C62H69N3O/c1-58(2,3)43-28-29-53(48(36-43)39-22-17-16-18-23-39)65-54-27-21-25-47(55(54)64-57(65)49-37-45(60(7,8)9)38-51(56(49)66)62(13,14)15)41-32-42(34-44(33-41)59(4,5)6)52-35-40(30-31-63-52)46-24-19-20-26-50(46)61(10,11)12/h16-38,66H,1-15H3/i7D3,8D3,9D3,13D3,14D3,15D3,37D,38D. The van der Waals surface area contributed by atoms with Gasteiger partial charge in [0.2, 0.25) is 0 Å². The lowest BCUT2D eigenvalue weighted by molar-refractivity contribution is 0.446. The highest BCUT2D eigenvalue weighted by Gasteiger charge is 2.30. The summed E-state index contributed by atoms with van der Waals surface area (Å²) in [5, 5.41) is 13.2.